The lowest BCUT2D eigenvalue weighted by molar-refractivity contribution is -0.126. The molecule has 2 N–H and O–H groups in total. The third-order valence-electron chi connectivity index (χ3n) is 8.51. The molecule has 42 heavy (non-hydrogen) atoms. The first-order valence-electron chi connectivity index (χ1n) is 14.8. The Kier molecular flexibility index (Phi) is 8.91. The highest BCUT2D eigenvalue weighted by Gasteiger charge is 2.33. The normalized spacial score (nSPS) is 20.5. The number of anilines is 1. The fourth-order valence-electron chi connectivity index (χ4n) is 5.93. The van der Waals surface area contributed by atoms with E-state index in [-0.39, 0.29) is 23.7 Å². The van der Waals surface area contributed by atoms with Crippen molar-refractivity contribution in [3.05, 3.63) is 82.1 Å². The number of rotatable bonds is 10. The molecule has 0 aromatic heterocycles. The Balaban J connectivity index is 1.14. The van der Waals surface area contributed by atoms with Crippen LogP contribution in [0.2, 0.25) is 10.0 Å². The number of ether oxygens (including phenoxy) is 1. The number of benzene rings is 3. The molecule has 9 heteroatoms. The maximum absolute atomic E-state index is 13.6. The van der Waals surface area contributed by atoms with Crippen LogP contribution in [0.5, 0.6) is 5.75 Å². The topological polar surface area (TPSA) is 65.0 Å². The number of hydrogen-bond acceptors (Lipinski definition) is 5. The molecule has 6 rings (SSSR count). The molecule has 1 amide bonds. The van der Waals surface area contributed by atoms with Crippen LogP contribution in [0.15, 0.2) is 60.7 Å². The predicted molar refractivity (Wildman–Crippen MR) is 165 cm³/mol. The van der Waals surface area contributed by atoms with Gasteiger partial charge in [0.15, 0.2) is 0 Å². The first kappa shape index (κ1) is 29.2. The van der Waals surface area contributed by atoms with Crippen molar-refractivity contribution in [1.82, 2.24) is 10.2 Å². The van der Waals surface area contributed by atoms with Gasteiger partial charge in [-0.2, -0.15) is 0 Å². The molecule has 0 radical (unpaired) electrons. The molecule has 0 bridgehead atoms. The summed E-state index contributed by atoms with van der Waals surface area (Å²) in [5.41, 5.74) is 3.28. The molecule has 3 aliphatic rings. The van der Waals surface area contributed by atoms with E-state index in [9.17, 15) is 14.3 Å². The van der Waals surface area contributed by atoms with Gasteiger partial charge < -0.3 is 25.0 Å². The Morgan fingerprint density at radius 2 is 1.74 bits per heavy atom. The molecular weight excluding hydrogens is 576 g/mol. The van der Waals surface area contributed by atoms with Crippen molar-refractivity contribution in [3.63, 3.8) is 0 Å². The zero-order chi connectivity index (χ0) is 29.2. The minimum atomic E-state index is -0.908. The van der Waals surface area contributed by atoms with Crippen molar-refractivity contribution in [2.24, 2.45) is 5.92 Å². The van der Waals surface area contributed by atoms with Gasteiger partial charge in [0.2, 0.25) is 5.91 Å². The van der Waals surface area contributed by atoms with Crippen LogP contribution in [-0.4, -0.2) is 60.8 Å². The molecule has 2 heterocycles. The van der Waals surface area contributed by atoms with Gasteiger partial charge in [-0.3, -0.25) is 4.79 Å². The number of hydrogen-bond donors (Lipinski definition) is 2. The fraction of sp³-hybridized carbons (Fsp3) is 0.424. The van der Waals surface area contributed by atoms with Gasteiger partial charge in [-0.05, 0) is 98.8 Å². The van der Waals surface area contributed by atoms with Crippen LogP contribution in [0, 0.1) is 11.7 Å². The number of aliphatic hydroxyl groups is 1. The highest BCUT2D eigenvalue weighted by atomic mass is 35.5. The van der Waals surface area contributed by atoms with Crippen LogP contribution >= 0.6 is 23.2 Å². The van der Waals surface area contributed by atoms with Crippen LogP contribution in [-0.2, 0) is 4.79 Å². The van der Waals surface area contributed by atoms with Crippen LogP contribution in [0.25, 0.3) is 11.1 Å². The number of nitrogens with zero attached hydrogens (tertiary/aromatic N) is 2. The molecule has 222 valence electrons. The largest absolute Gasteiger partial charge is 0.489 e. The van der Waals surface area contributed by atoms with Gasteiger partial charge in [-0.1, -0.05) is 41.4 Å². The third kappa shape index (κ3) is 6.86. The van der Waals surface area contributed by atoms with E-state index < -0.39 is 12.1 Å². The number of carbonyl (C=O) groups is 1. The van der Waals surface area contributed by atoms with Crippen LogP contribution < -0.4 is 15.0 Å². The van der Waals surface area contributed by atoms with Gasteiger partial charge in [-0.25, -0.2) is 4.39 Å². The SMILES string of the molecule is O=C(N[C@H](CN1CCCC1)[C@H](O)c1ccc(OC2CC2)c(Cl)c1)C1CCN(c2ccc(Cl)c(-c3ccc(F)cc3)c2)C1. The minimum absolute atomic E-state index is 0.0618. The van der Waals surface area contributed by atoms with E-state index in [0.717, 1.165) is 62.1 Å². The number of aliphatic hydroxyl groups excluding tert-OH is 1. The Morgan fingerprint density at radius 1 is 0.976 bits per heavy atom. The van der Waals surface area contributed by atoms with E-state index in [2.05, 4.69) is 15.1 Å². The Labute approximate surface area is 256 Å². The molecule has 3 atom stereocenters. The molecule has 3 aromatic rings. The van der Waals surface area contributed by atoms with Gasteiger partial charge in [0.25, 0.3) is 0 Å². The van der Waals surface area contributed by atoms with E-state index >= 15 is 0 Å². The van der Waals surface area contributed by atoms with Gasteiger partial charge >= 0.3 is 0 Å². The quantitative estimate of drug-likeness (QED) is 0.275. The van der Waals surface area contributed by atoms with Crippen LogP contribution in [0.4, 0.5) is 10.1 Å². The highest BCUT2D eigenvalue weighted by Crippen LogP contribution is 2.36. The van der Waals surface area contributed by atoms with E-state index in [1.807, 2.05) is 30.3 Å². The van der Waals surface area contributed by atoms with Gasteiger partial charge in [0.05, 0.1) is 23.1 Å². The number of carbonyl (C=O) groups excluding carboxylic acids is 1. The lowest BCUT2D eigenvalue weighted by Crippen LogP contribution is -2.48. The average molecular weight is 613 g/mol. The van der Waals surface area contributed by atoms with Crippen LogP contribution in [0.3, 0.4) is 0 Å². The van der Waals surface area contributed by atoms with E-state index in [0.29, 0.717) is 40.9 Å². The average Bonchev–Trinajstić information content (AvgIpc) is 3.41. The third-order valence-corrected chi connectivity index (χ3v) is 9.13. The van der Waals surface area contributed by atoms with Crippen LogP contribution in [0.1, 0.15) is 43.8 Å². The van der Waals surface area contributed by atoms with Crippen molar-refractivity contribution in [1.29, 1.82) is 0 Å². The Hall–Kier alpha value is -2.84. The first-order valence-corrected chi connectivity index (χ1v) is 15.6. The fourth-order valence-corrected chi connectivity index (χ4v) is 6.39. The van der Waals surface area contributed by atoms with Crippen molar-refractivity contribution >= 4 is 34.8 Å². The standard InChI is InChI=1S/C33H36Cl2FN3O3/c34-28-11-8-25(18-27(28)21-3-6-24(36)7-4-21)39-16-13-23(19-39)33(41)37-30(20-38-14-1-2-15-38)32(40)22-5-12-31(29(35)17-22)42-26-9-10-26/h3-8,11-12,17-18,23,26,30,32,40H,1-2,9-10,13-16,19-20H2,(H,37,41)/t23?,30-,32-/m1/s1. The molecule has 2 aliphatic heterocycles. The zero-order valence-electron chi connectivity index (χ0n) is 23.4. The smallest absolute Gasteiger partial charge is 0.225 e. The Morgan fingerprint density at radius 3 is 2.45 bits per heavy atom. The van der Waals surface area contributed by atoms with Crippen molar-refractivity contribution < 1.29 is 19.0 Å². The molecular formula is C33H36Cl2FN3O3. The lowest BCUT2D eigenvalue weighted by Gasteiger charge is -2.30. The summed E-state index contributed by atoms with van der Waals surface area (Å²) >= 11 is 13.0. The first-order chi connectivity index (χ1) is 20.3. The monoisotopic (exact) mass is 611 g/mol. The summed E-state index contributed by atoms with van der Waals surface area (Å²) in [5, 5.41) is 15.7. The summed E-state index contributed by atoms with van der Waals surface area (Å²) < 4.78 is 19.3. The predicted octanol–water partition coefficient (Wildman–Crippen LogP) is 6.48. The lowest BCUT2D eigenvalue weighted by atomic mass is 10.00. The van der Waals surface area contributed by atoms with Gasteiger partial charge in [0, 0.05) is 35.9 Å². The number of amides is 1. The van der Waals surface area contributed by atoms with Gasteiger partial charge in [-0.15, -0.1) is 0 Å². The van der Waals surface area contributed by atoms with E-state index in [1.165, 1.54) is 12.1 Å². The molecule has 1 saturated carbocycles. The van der Waals surface area contributed by atoms with Crippen molar-refractivity contribution in [2.45, 2.75) is 50.4 Å². The highest BCUT2D eigenvalue weighted by molar-refractivity contribution is 6.33. The number of likely N-dealkylation sites (tertiary alicyclic amines) is 1. The summed E-state index contributed by atoms with van der Waals surface area (Å²) in [7, 11) is 0. The molecule has 3 fully saturated rings. The maximum Gasteiger partial charge on any atom is 0.225 e. The second-order valence-electron chi connectivity index (χ2n) is 11.7. The van der Waals surface area contributed by atoms with E-state index in [4.69, 9.17) is 27.9 Å². The summed E-state index contributed by atoms with van der Waals surface area (Å²) in [5.74, 6) is 0.0516. The maximum atomic E-state index is 13.6. The molecule has 1 unspecified atom stereocenters. The van der Waals surface area contributed by atoms with E-state index in [1.54, 1.807) is 18.2 Å². The molecule has 1 aliphatic carbocycles. The number of nitrogens with one attached hydrogen (secondary N) is 1. The summed E-state index contributed by atoms with van der Waals surface area (Å²) in [6.07, 6.45) is 4.34. The summed E-state index contributed by atoms with van der Waals surface area (Å²) in [6.45, 7) is 3.76. The summed E-state index contributed by atoms with van der Waals surface area (Å²) in [6, 6.07) is 17.0. The Bertz CT molecular complexity index is 1410. The second kappa shape index (κ2) is 12.8. The van der Waals surface area contributed by atoms with Crippen molar-refractivity contribution in [3.8, 4) is 16.9 Å². The summed E-state index contributed by atoms with van der Waals surface area (Å²) in [4.78, 5) is 18.1. The molecule has 0 spiro atoms. The molecule has 3 aromatic carbocycles. The zero-order valence-corrected chi connectivity index (χ0v) is 25.0. The number of halogens is 3. The molecule has 2 saturated heterocycles. The second-order valence-corrected chi connectivity index (χ2v) is 12.5. The minimum Gasteiger partial charge on any atom is -0.489 e. The van der Waals surface area contributed by atoms with Crippen molar-refractivity contribution in [2.75, 3.05) is 37.6 Å². The van der Waals surface area contributed by atoms with Gasteiger partial charge in [0.1, 0.15) is 17.7 Å². The molecule has 6 nitrogen and oxygen atoms in total.